The Balaban J connectivity index is 0.00000161. The van der Waals surface area contributed by atoms with E-state index in [2.05, 4.69) is 31.3 Å². The minimum absolute atomic E-state index is 0. The van der Waals surface area contributed by atoms with E-state index in [1.807, 2.05) is 11.0 Å². The predicted octanol–water partition coefficient (Wildman–Crippen LogP) is 3.36. The molecule has 1 fully saturated rings. The summed E-state index contributed by atoms with van der Waals surface area (Å²) in [6, 6.07) is 6.16. The van der Waals surface area contributed by atoms with Gasteiger partial charge in [0.25, 0.3) is 5.91 Å². The van der Waals surface area contributed by atoms with Crippen LogP contribution in [0.25, 0.3) is 0 Å². The molecule has 0 radical (unpaired) electrons. The Morgan fingerprint density at radius 2 is 1.90 bits per heavy atom. The van der Waals surface area contributed by atoms with Crippen LogP contribution < -0.4 is 5.32 Å². The van der Waals surface area contributed by atoms with Gasteiger partial charge in [0, 0.05) is 31.7 Å². The second-order valence-corrected chi connectivity index (χ2v) is 6.54. The summed E-state index contributed by atoms with van der Waals surface area (Å²) in [5.41, 5.74) is 3.90. The van der Waals surface area contributed by atoms with Crippen molar-refractivity contribution < 1.29 is 4.79 Å². The molecule has 0 unspecified atom stereocenters. The molecule has 0 atom stereocenters. The Kier molecular flexibility index (Phi) is 4.95. The van der Waals surface area contributed by atoms with Gasteiger partial charge in [0.2, 0.25) is 0 Å². The van der Waals surface area contributed by atoms with E-state index in [0.717, 1.165) is 44.6 Å². The molecule has 3 rings (SSSR count). The molecule has 116 valence electrons. The fourth-order valence-corrected chi connectivity index (χ4v) is 3.21. The summed E-state index contributed by atoms with van der Waals surface area (Å²) in [5, 5.41) is 3.33. The van der Waals surface area contributed by atoms with E-state index in [-0.39, 0.29) is 18.3 Å². The minimum atomic E-state index is 0. The van der Waals surface area contributed by atoms with Crippen LogP contribution in [0.15, 0.2) is 18.2 Å². The van der Waals surface area contributed by atoms with Gasteiger partial charge in [-0.05, 0) is 41.5 Å². The number of likely N-dealkylation sites (tertiary alicyclic amines) is 1. The number of benzene rings is 1. The molecule has 0 saturated carbocycles. The first-order valence-electron chi connectivity index (χ1n) is 7.73. The average molecular weight is 309 g/mol. The van der Waals surface area contributed by atoms with E-state index in [1.54, 1.807) is 0 Å². The molecule has 2 heterocycles. The number of rotatable bonds is 2. The van der Waals surface area contributed by atoms with Crippen LogP contribution in [0.2, 0.25) is 0 Å². The van der Waals surface area contributed by atoms with Crippen LogP contribution >= 0.6 is 12.4 Å². The fraction of sp³-hybridized carbons (Fsp3) is 0.588. The lowest BCUT2D eigenvalue weighted by atomic mass is 9.78. The van der Waals surface area contributed by atoms with Gasteiger partial charge in [-0.1, -0.05) is 26.3 Å². The van der Waals surface area contributed by atoms with Gasteiger partial charge in [0.1, 0.15) is 0 Å². The molecule has 0 aromatic heterocycles. The number of hydrogen-bond acceptors (Lipinski definition) is 2. The molecule has 0 aliphatic carbocycles. The number of amides is 1. The molecule has 21 heavy (non-hydrogen) atoms. The number of halogens is 1. The smallest absolute Gasteiger partial charge is 0.253 e. The summed E-state index contributed by atoms with van der Waals surface area (Å²) in [4.78, 5) is 14.6. The molecule has 2 aliphatic rings. The van der Waals surface area contributed by atoms with Crippen molar-refractivity contribution in [3.8, 4) is 0 Å². The highest BCUT2D eigenvalue weighted by Crippen LogP contribution is 2.34. The topological polar surface area (TPSA) is 32.3 Å². The maximum atomic E-state index is 12.6. The molecule has 0 spiro atoms. The summed E-state index contributed by atoms with van der Waals surface area (Å²) < 4.78 is 0. The van der Waals surface area contributed by atoms with Crippen LogP contribution in [0.1, 0.15) is 54.6 Å². The van der Waals surface area contributed by atoms with Crippen LogP contribution in [0, 0.1) is 5.41 Å². The van der Waals surface area contributed by atoms with Crippen LogP contribution in [-0.4, -0.2) is 23.9 Å². The number of fused-ring (bicyclic) bond motifs is 1. The van der Waals surface area contributed by atoms with Gasteiger partial charge in [-0.25, -0.2) is 0 Å². The summed E-state index contributed by atoms with van der Waals surface area (Å²) >= 11 is 0. The van der Waals surface area contributed by atoms with E-state index < -0.39 is 0 Å². The number of nitrogens with zero attached hydrogens (tertiary/aromatic N) is 1. The first-order chi connectivity index (χ1) is 9.61. The van der Waals surface area contributed by atoms with Crippen LogP contribution in [0.3, 0.4) is 0 Å². The zero-order valence-corrected chi connectivity index (χ0v) is 13.8. The second-order valence-electron chi connectivity index (χ2n) is 6.54. The molecule has 3 nitrogen and oxygen atoms in total. The number of carbonyl (C=O) groups is 1. The third-order valence-corrected chi connectivity index (χ3v) is 5.20. The van der Waals surface area contributed by atoms with Gasteiger partial charge in [-0.15, -0.1) is 12.4 Å². The van der Waals surface area contributed by atoms with Gasteiger partial charge >= 0.3 is 0 Å². The molecule has 4 heteroatoms. The Labute approximate surface area is 133 Å². The molecule has 2 aliphatic heterocycles. The molecule has 1 saturated heterocycles. The van der Waals surface area contributed by atoms with E-state index in [9.17, 15) is 4.79 Å². The summed E-state index contributed by atoms with van der Waals surface area (Å²) in [6.45, 7) is 8.23. The summed E-state index contributed by atoms with van der Waals surface area (Å²) in [7, 11) is 0. The van der Waals surface area contributed by atoms with Crippen molar-refractivity contribution in [2.24, 2.45) is 5.41 Å². The molecule has 1 amide bonds. The van der Waals surface area contributed by atoms with Gasteiger partial charge in [0.05, 0.1) is 0 Å². The number of hydrogen-bond donors (Lipinski definition) is 1. The Morgan fingerprint density at radius 1 is 1.24 bits per heavy atom. The summed E-state index contributed by atoms with van der Waals surface area (Å²) in [5.74, 6) is 0.206. The monoisotopic (exact) mass is 308 g/mol. The van der Waals surface area contributed by atoms with Gasteiger partial charge in [-0.3, -0.25) is 4.79 Å². The predicted molar refractivity (Wildman–Crippen MR) is 87.8 cm³/mol. The molecular formula is C17H25ClN2O. The number of piperidine rings is 1. The number of carbonyl (C=O) groups excluding carboxylic acids is 1. The molecule has 1 aromatic rings. The van der Waals surface area contributed by atoms with Gasteiger partial charge < -0.3 is 10.2 Å². The highest BCUT2D eigenvalue weighted by molar-refractivity contribution is 5.94. The Morgan fingerprint density at radius 3 is 2.57 bits per heavy atom. The highest BCUT2D eigenvalue weighted by Gasteiger charge is 2.30. The van der Waals surface area contributed by atoms with Crippen molar-refractivity contribution in [3.05, 3.63) is 34.9 Å². The zero-order valence-electron chi connectivity index (χ0n) is 12.9. The van der Waals surface area contributed by atoms with Gasteiger partial charge in [0.15, 0.2) is 0 Å². The van der Waals surface area contributed by atoms with Crippen LogP contribution in [-0.2, 0) is 13.1 Å². The normalized spacial score (nSPS) is 19.8. The SMILES string of the molecule is CCC1(C)CCN(C(=O)c2ccc3c(c2)CNC3)CC1.Cl. The largest absolute Gasteiger partial charge is 0.339 e. The molecular weight excluding hydrogens is 284 g/mol. The summed E-state index contributed by atoms with van der Waals surface area (Å²) in [6.07, 6.45) is 3.46. The van der Waals surface area contributed by atoms with Crippen molar-refractivity contribution >= 4 is 18.3 Å². The highest BCUT2D eigenvalue weighted by atomic mass is 35.5. The van der Waals surface area contributed by atoms with Gasteiger partial charge in [-0.2, -0.15) is 0 Å². The maximum absolute atomic E-state index is 12.6. The molecule has 1 N–H and O–H groups in total. The van der Waals surface area contributed by atoms with Crippen molar-refractivity contribution in [2.45, 2.75) is 46.2 Å². The van der Waals surface area contributed by atoms with E-state index >= 15 is 0 Å². The van der Waals surface area contributed by atoms with E-state index in [0.29, 0.717) is 5.41 Å². The Bertz CT molecular complexity index is 522. The van der Waals surface area contributed by atoms with Crippen LogP contribution in [0.4, 0.5) is 0 Å². The van der Waals surface area contributed by atoms with E-state index in [4.69, 9.17) is 0 Å². The average Bonchev–Trinajstić information content (AvgIpc) is 2.94. The lowest BCUT2D eigenvalue weighted by molar-refractivity contribution is 0.0600. The number of nitrogens with one attached hydrogen (secondary N) is 1. The fourth-order valence-electron chi connectivity index (χ4n) is 3.21. The first-order valence-corrected chi connectivity index (χ1v) is 7.73. The lowest BCUT2D eigenvalue weighted by Crippen LogP contribution is -2.41. The molecule has 1 aromatic carbocycles. The lowest BCUT2D eigenvalue weighted by Gasteiger charge is -2.39. The maximum Gasteiger partial charge on any atom is 0.253 e. The quantitative estimate of drug-likeness (QED) is 0.908. The van der Waals surface area contributed by atoms with Crippen molar-refractivity contribution in [2.75, 3.05) is 13.1 Å². The minimum Gasteiger partial charge on any atom is -0.339 e. The standard InChI is InChI=1S/C17H24N2O.ClH/c1-3-17(2)6-8-19(9-7-17)16(20)13-4-5-14-11-18-12-15(14)10-13;/h4-5,10,18H,3,6-9,11-12H2,1-2H3;1H. The Hall–Kier alpha value is -1.06. The van der Waals surface area contributed by atoms with Crippen molar-refractivity contribution in [1.29, 1.82) is 0 Å². The second kappa shape index (κ2) is 6.37. The zero-order chi connectivity index (χ0) is 14.2. The van der Waals surface area contributed by atoms with E-state index in [1.165, 1.54) is 17.5 Å². The first kappa shape index (κ1) is 16.3. The molecule has 0 bridgehead atoms. The van der Waals surface area contributed by atoms with Crippen molar-refractivity contribution in [1.82, 2.24) is 10.2 Å². The third kappa shape index (κ3) is 3.24. The third-order valence-electron chi connectivity index (χ3n) is 5.20. The van der Waals surface area contributed by atoms with Crippen molar-refractivity contribution in [3.63, 3.8) is 0 Å². The van der Waals surface area contributed by atoms with Crippen LogP contribution in [0.5, 0.6) is 0 Å².